The molecule has 0 spiro atoms. The van der Waals surface area contributed by atoms with Crippen LogP contribution < -0.4 is 5.73 Å². The molecule has 2 rings (SSSR count). The summed E-state index contributed by atoms with van der Waals surface area (Å²) in [5.41, 5.74) is 6.72. The number of ketones is 1. The van der Waals surface area contributed by atoms with Crippen LogP contribution in [0.15, 0.2) is 24.3 Å². The van der Waals surface area contributed by atoms with Crippen LogP contribution in [0.3, 0.4) is 0 Å². The molecule has 92 valence electrons. The number of nitrogens with zero attached hydrogens (tertiary/aromatic N) is 1. The third-order valence-corrected chi connectivity index (χ3v) is 3.53. The van der Waals surface area contributed by atoms with E-state index in [1.165, 1.54) is 6.92 Å². The zero-order valence-electron chi connectivity index (χ0n) is 9.51. The Morgan fingerprint density at radius 3 is 2.50 bits per heavy atom. The molecule has 0 aliphatic heterocycles. The molecule has 0 amide bonds. The number of carboxylic acid groups (broad SMARTS) is 1. The van der Waals surface area contributed by atoms with Crippen LogP contribution >= 0.6 is 11.3 Å². The van der Waals surface area contributed by atoms with Crippen molar-refractivity contribution < 1.29 is 14.7 Å². The lowest BCUT2D eigenvalue weighted by molar-refractivity contribution is 0.0687. The second kappa shape index (κ2) is 4.58. The number of carbonyl (C=O) groups is 2. The molecule has 1 heterocycles. The van der Waals surface area contributed by atoms with E-state index < -0.39 is 5.97 Å². The first kappa shape index (κ1) is 12.3. The molecular weight excluding hydrogens is 252 g/mol. The van der Waals surface area contributed by atoms with Gasteiger partial charge in [-0.05, 0) is 12.1 Å². The first-order valence-electron chi connectivity index (χ1n) is 5.10. The Kier molecular flexibility index (Phi) is 3.12. The average molecular weight is 262 g/mol. The maximum Gasteiger partial charge on any atom is 0.356 e. The minimum atomic E-state index is -1.21. The predicted molar refractivity (Wildman–Crippen MR) is 68.9 cm³/mol. The number of aromatic carboxylic acids is 1. The van der Waals surface area contributed by atoms with Gasteiger partial charge in [0.1, 0.15) is 9.88 Å². The minimum Gasteiger partial charge on any atom is -0.476 e. The molecule has 0 radical (unpaired) electrons. The minimum absolute atomic E-state index is 0.140. The number of rotatable bonds is 3. The van der Waals surface area contributed by atoms with E-state index in [0.29, 0.717) is 16.3 Å². The molecule has 3 N–H and O–H groups in total. The lowest BCUT2D eigenvalue weighted by atomic mass is 10.2. The van der Waals surface area contributed by atoms with E-state index in [9.17, 15) is 9.59 Å². The van der Waals surface area contributed by atoms with Gasteiger partial charge in [-0.2, -0.15) is 0 Å². The van der Waals surface area contributed by atoms with Crippen LogP contribution in [0.4, 0.5) is 5.69 Å². The Morgan fingerprint density at radius 2 is 2.00 bits per heavy atom. The highest BCUT2D eigenvalue weighted by atomic mass is 32.1. The van der Waals surface area contributed by atoms with Crippen LogP contribution in [0.1, 0.15) is 27.1 Å². The van der Waals surface area contributed by atoms with Crippen molar-refractivity contribution in [1.29, 1.82) is 0 Å². The lowest BCUT2D eigenvalue weighted by Gasteiger charge is -1.99. The van der Waals surface area contributed by atoms with Crippen molar-refractivity contribution in [3.63, 3.8) is 0 Å². The Bertz CT molecular complexity index is 603. The first-order valence-corrected chi connectivity index (χ1v) is 5.92. The Morgan fingerprint density at radius 1 is 1.33 bits per heavy atom. The fraction of sp³-hybridized carbons (Fsp3) is 0.0833. The molecular formula is C12H10N2O3S. The van der Waals surface area contributed by atoms with Crippen molar-refractivity contribution in [3.05, 3.63) is 34.8 Å². The van der Waals surface area contributed by atoms with Crippen LogP contribution in [0.2, 0.25) is 0 Å². The largest absolute Gasteiger partial charge is 0.476 e. The van der Waals surface area contributed by atoms with Gasteiger partial charge < -0.3 is 10.8 Å². The van der Waals surface area contributed by atoms with E-state index in [0.717, 1.165) is 11.3 Å². The molecule has 1 aromatic heterocycles. The summed E-state index contributed by atoms with van der Waals surface area (Å²) in [5.74, 6) is -1.53. The van der Waals surface area contributed by atoms with Crippen LogP contribution in [0, 0.1) is 0 Å². The van der Waals surface area contributed by atoms with Gasteiger partial charge in [0.25, 0.3) is 0 Å². The van der Waals surface area contributed by atoms with E-state index in [2.05, 4.69) is 4.98 Å². The van der Waals surface area contributed by atoms with Gasteiger partial charge in [0, 0.05) is 18.2 Å². The number of para-hydroxylation sites is 1. The number of nitrogens with two attached hydrogens (primary N) is 1. The highest BCUT2D eigenvalue weighted by molar-refractivity contribution is 7.17. The van der Waals surface area contributed by atoms with Gasteiger partial charge in [-0.1, -0.05) is 12.1 Å². The smallest absolute Gasteiger partial charge is 0.356 e. The molecule has 6 heteroatoms. The van der Waals surface area contributed by atoms with E-state index >= 15 is 0 Å². The number of anilines is 1. The molecule has 0 unspecified atom stereocenters. The molecule has 18 heavy (non-hydrogen) atoms. The SMILES string of the molecule is CC(=O)c1sc(-c2ccccc2N)nc1C(=O)O. The quantitative estimate of drug-likeness (QED) is 0.654. The number of benzene rings is 1. The molecule has 0 saturated heterocycles. The van der Waals surface area contributed by atoms with Crippen molar-refractivity contribution >= 4 is 28.8 Å². The second-order valence-electron chi connectivity index (χ2n) is 3.65. The van der Waals surface area contributed by atoms with Crippen molar-refractivity contribution in [1.82, 2.24) is 4.98 Å². The zero-order chi connectivity index (χ0) is 13.3. The number of Topliss-reactive ketones (excluding diaryl/α,β-unsaturated/α-hetero) is 1. The monoisotopic (exact) mass is 262 g/mol. The summed E-state index contributed by atoms with van der Waals surface area (Å²) < 4.78 is 0. The summed E-state index contributed by atoms with van der Waals surface area (Å²) in [6, 6.07) is 6.99. The summed E-state index contributed by atoms with van der Waals surface area (Å²) in [7, 11) is 0. The molecule has 0 saturated carbocycles. The summed E-state index contributed by atoms with van der Waals surface area (Å²) in [6.07, 6.45) is 0. The van der Waals surface area contributed by atoms with E-state index in [4.69, 9.17) is 10.8 Å². The molecule has 0 atom stereocenters. The van der Waals surface area contributed by atoms with E-state index in [-0.39, 0.29) is 16.4 Å². The van der Waals surface area contributed by atoms with Crippen LogP contribution in [-0.2, 0) is 0 Å². The van der Waals surface area contributed by atoms with Crippen LogP contribution in [0.25, 0.3) is 10.6 Å². The molecule has 0 aliphatic carbocycles. The summed E-state index contributed by atoms with van der Waals surface area (Å²) in [6.45, 7) is 1.32. The average Bonchev–Trinajstić information content (AvgIpc) is 2.74. The van der Waals surface area contributed by atoms with Crippen molar-refractivity contribution in [2.24, 2.45) is 0 Å². The van der Waals surface area contributed by atoms with Crippen LogP contribution in [0.5, 0.6) is 0 Å². The topological polar surface area (TPSA) is 93.3 Å². The number of carboxylic acids is 1. The molecule has 1 aromatic carbocycles. The van der Waals surface area contributed by atoms with E-state index in [1.807, 2.05) is 0 Å². The highest BCUT2D eigenvalue weighted by Crippen LogP contribution is 2.31. The number of thiazole rings is 1. The number of aromatic nitrogens is 1. The highest BCUT2D eigenvalue weighted by Gasteiger charge is 2.21. The molecule has 0 bridgehead atoms. The van der Waals surface area contributed by atoms with Crippen molar-refractivity contribution in [3.8, 4) is 10.6 Å². The number of nitrogen functional groups attached to an aromatic ring is 1. The maximum atomic E-state index is 11.4. The molecule has 0 aliphatic rings. The summed E-state index contributed by atoms with van der Waals surface area (Å²) in [5, 5.41) is 9.45. The summed E-state index contributed by atoms with van der Waals surface area (Å²) >= 11 is 1.04. The first-order chi connectivity index (χ1) is 8.50. The van der Waals surface area contributed by atoms with Crippen LogP contribution in [-0.4, -0.2) is 21.8 Å². The second-order valence-corrected chi connectivity index (χ2v) is 4.64. The Balaban J connectivity index is 2.61. The van der Waals surface area contributed by atoms with Gasteiger partial charge in [0.05, 0.1) is 0 Å². The van der Waals surface area contributed by atoms with Gasteiger partial charge in [0.15, 0.2) is 11.5 Å². The van der Waals surface area contributed by atoms with Crippen molar-refractivity contribution in [2.45, 2.75) is 6.92 Å². The predicted octanol–water partition coefficient (Wildman–Crippen LogP) is 2.29. The Labute approximate surface area is 107 Å². The van der Waals surface area contributed by atoms with Gasteiger partial charge in [-0.15, -0.1) is 11.3 Å². The maximum absolute atomic E-state index is 11.4. The van der Waals surface area contributed by atoms with E-state index in [1.54, 1.807) is 24.3 Å². The number of carbonyl (C=O) groups excluding carboxylic acids is 1. The van der Waals surface area contributed by atoms with Gasteiger partial charge in [-0.25, -0.2) is 9.78 Å². The van der Waals surface area contributed by atoms with Gasteiger partial charge in [-0.3, -0.25) is 4.79 Å². The summed E-state index contributed by atoms with van der Waals surface area (Å²) in [4.78, 5) is 26.5. The third-order valence-electron chi connectivity index (χ3n) is 2.34. The zero-order valence-corrected chi connectivity index (χ0v) is 10.3. The lowest BCUT2D eigenvalue weighted by Crippen LogP contribution is -2.03. The Hall–Kier alpha value is -2.21. The fourth-order valence-electron chi connectivity index (χ4n) is 1.51. The number of hydrogen-bond acceptors (Lipinski definition) is 5. The van der Waals surface area contributed by atoms with Gasteiger partial charge >= 0.3 is 5.97 Å². The van der Waals surface area contributed by atoms with Crippen molar-refractivity contribution in [2.75, 3.05) is 5.73 Å². The van der Waals surface area contributed by atoms with Gasteiger partial charge in [0.2, 0.25) is 0 Å². The normalized spacial score (nSPS) is 10.3. The standard InChI is InChI=1S/C12H10N2O3S/c1-6(15)10-9(12(16)17)14-11(18-10)7-4-2-3-5-8(7)13/h2-5H,13H2,1H3,(H,16,17). The molecule has 2 aromatic rings. The third kappa shape index (κ3) is 2.10. The fourth-order valence-corrected chi connectivity index (χ4v) is 2.51. The number of hydrogen-bond donors (Lipinski definition) is 2. The molecule has 0 fully saturated rings. The molecule has 5 nitrogen and oxygen atoms in total.